The fourth-order valence-corrected chi connectivity index (χ4v) is 4.28. The van der Waals surface area contributed by atoms with Crippen molar-refractivity contribution in [2.75, 3.05) is 12.0 Å². The first kappa shape index (κ1) is 24.6. The summed E-state index contributed by atoms with van der Waals surface area (Å²) in [5.74, 6) is -1.77. The van der Waals surface area contributed by atoms with Gasteiger partial charge in [0.2, 0.25) is 5.91 Å². The molecule has 0 bridgehead atoms. The molecule has 2 heterocycles. The zero-order chi connectivity index (χ0) is 25.2. The summed E-state index contributed by atoms with van der Waals surface area (Å²) >= 11 is 0. The molecule has 1 fully saturated rings. The van der Waals surface area contributed by atoms with E-state index in [1.165, 1.54) is 4.90 Å². The van der Waals surface area contributed by atoms with E-state index in [9.17, 15) is 23.7 Å². The number of phosphoric acid groups is 1. The van der Waals surface area contributed by atoms with Crippen LogP contribution in [0.5, 0.6) is 0 Å². The maximum absolute atomic E-state index is 13.0. The number of nitrogens with zero attached hydrogens (tertiary/aromatic N) is 2. The van der Waals surface area contributed by atoms with E-state index in [0.29, 0.717) is 21.7 Å². The van der Waals surface area contributed by atoms with Crippen LogP contribution >= 0.6 is 7.82 Å². The van der Waals surface area contributed by atoms with Gasteiger partial charge >= 0.3 is 13.9 Å². The first-order valence-corrected chi connectivity index (χ1v) is 12.2. The summed E-state index contributed by atoms with van der Waals surface area (Å²) in [6.45, 7) is -0.561. The first-order chi connectivity index (χ1) is 16.6. The van der Waals surface area contributed by atoms with E-state index >= 15 is 0 Å². The van der Waals surface area contributed by atoms with Gasteiger partial charge in [-0.05, 0) is 35.7 Å². The molecule has 4 N–H and O–H groups in total. The Morgan fingerprint density at radius 2 is 1.86 bits per heavy atom. The molecule has 0 radical (unpaired) electrons. The molecule has 12 nitrogen and oxygen atoms in total. The van der Waals surface area contributed by atoms with Crippen LogP contribution in [0.2, 0.25) is 0 Å². The Morgan fingerprint density at radius 3 is 2.57 bits per heavy atom. The van der Waals surface area contributed by atoms with Crippen molar-refractivity contribution >= 4 is 37.3 Å². The summed E-state index contributed by atoms with van der Waals surface area (Å²) in [4.78, 5) is 69.8. The predicted octanol–water partition coefficient (Wildman–Crippen LogP) is 1.55. The number of rotatable bonds is 7. The highest BCUT2D eigenvalue weighted by Gasteiger charge is 2.43. The van der Waals surface area contributed by atoms with E-state index in [1.807, 2.05) is 6.07 Å². The maximum atomic E-state index is 13.0. The van der Waals surface area contributed by atoms with E-state index in [0.717, 1.165) is 5.56 Å². The molecule has 0 aromatic heterocycles. The Hall–Kier alpha value is -3.57. The highest BCUT2D eigenvalue weighted by atomic mass is 31.2. The van der Waals surface area contributed by atoms with Gasteiger partial charge in [-0.3, -0.25) is 23.8 Å². The number of para-hydroxylation sites is 1. The predicted molar refractivity (Wildman–Crippen MR) is 121 cm³/mol. The maximum Gasteiger partial charge on any atom is 0.471 e. The van der Waals surface area contributed by atoms with Gasteiger partial charge in [-0.15, -0.1) is 0 Å². The summed E-state index contributed by atoms with van der Waals surface area (Å²) < 4.78 is 15.3. The molecule has 0 saturated carbocycles. The molecule has 13 heteroatoms. The minimum Gasteiger partial charge on any atom is -0.334 e. The summed E-state index contributed by atoms with van der Waals surface area (Å²) in [6.07, 6.45) is 0.0185. The average molecular weight is 502 g/mol. The van der Waals surface area contributed by atoms with Crippen LogP contribution in [0.3, 0.4) is 0 Å². The van der Waals surface area contributed by atoms with E-state index in [2.05, 4.69) is 15.2 Å². The molecule has 5 amide bonds. The third kappa shape index (κ3) is 5.75. The second-order valence-electron chi connectivity index (χ2n) is 8.06. The van der Waals surface area contributed by atoms with Gasteiger partial charge < -0.3 is 25.3 Å². The molecule has 0 aliphatic carbocycles. The second-order valence-corrected chi connectivity index (χ2v) is 9.30. The van der Waals surface area contributed by atoms with E-state index in [1.54, 1.807) is 42.5 Å². The fraction of sp³-hybridized carbons (Fsp3) is 0.273. The number of nitrogens with one attached hydrogen (secondary N) is 2. The number of piperidine rings is 1. The molecular formula is C22H23N4O8P. The van der Waals surface area contributed by atoms with E-state index in [4.69, 9.17) is 9.79 Å². The molecule has 2 aromatic carbocycles. The Bertz CT molecular complexity index is 1220. The molecule has 2 aliphatic rings. The van der Waals surface area contributed by atoms with Crippen molar-refractivity contribution in [1.82, 2.24) is 15.1 Å². The number of benzene rings is 2. The lowest BCUT2D eigenvalue weighted by molar-refractivity contribution is -0.156. The Kier molecular flexibility index (Phi) is 6.99. The van der Waals surface area contributed by atoms with Crippen LogP contribution in [-0.2, 0) is 31.8 Å². The Labute approximate surface area is 200 Å². The zero-order valence-corrected chi connectivity index (χ0v) is 19.3. The van der Waals surface area contributed by atoms with Gasteiger partial charge in [0.05, 0.1) is 0 Å². The third-order valence-corrected chi connectivity index (χ3v) is 6.15. The minimum atomic E-state index is -4.89. The molecule has 1 saturated heterocycles. The highest BCUT2D eigenvalue weighted by Crippen LogP contribution is 2.36. The number of carbonyl (C=O) groups is 4. The van der Waals surface area contributed by atoms with Crippen LogP contribution in [-0.4, -0.2) is 56.1 Å². The number of hydrogen-bond acceptors (Lipinski definition) is 6. The number of anilines is 1. The van der Waals surface area contributed by atoms with E-state index in [-0.39, 0.29) is 37.9 Å². The topological polar surface area (TPSA) is 166 Å². The quantitative estimate of drug-likeness (QED) is 0.327. The van der Waals surface area contributed by atoms with Crippen molar-refractivity contribution in [3.63, 3.8) is 0 Å². The van der Waals surface area contributed by atoms with Crippen LogP contribution in [0.1, 0.15) is 34.3 Å². The highest BCUT2D eigenvalue weighted by molar-refractivity contribution is 7.46. The lowest BCUT2D eigenvalue weighted by Gasteiger charge is -2.35. The van der Waals surface area contributed by atoms with E-state index < -0.39 is 32.4 Å². The number of urea groups is 1. The number of carbonyl (C=O) groups excluding carboxylic acids is 4. The molecule has 4 rings (SSSR count). The third-order valence-electron chi connectivity index (χ3n) is 5.70. The number of fused-ring (bicyclic) bond motifs is 1. The van der Waals surface area contributed by atoms with Crippen molar-refractivity contribution in [2.24, 2.45) is 0 Å². The number of imide groups is 1. The van der Waals surface area contributed by atoms with Gasteiger partial charge in [-0.25, -0.2) is 9.36 Å². The van der Waals surface area contributed by atoms with Crippen molar-refractivity contribution in [3.05, 3.63) is 65.2 Å². The number of hydrogen-bond donors (Lipinski definition) is 4. The smallest absolute Gasteiger partial charge is 0.334 e. The number of likely N-dealkylation sites (tertiary alicyclic amines) is 1. The number of phosphoric ester groups is 1. The van der Waals surface area contributed by atoms with Crippen LogP contribution in [0.4, 0.5) is 10.5 Å². The van der Waals surface area contributed by atoms with Crippen LogP contribution < -0.4 is 10.6 Å². The molecular weight excluding hydrogens is 479 g/mol. The first-order valence-electron chi connectivity index (χ1n) is 10.7. The van der Waals surface area contributed by atoms with Gasteiger partial charge in [0, 0.05) is 30.8 Å². The van der Waals surface area contributed by atoms with Crippen LogP contribution in [0.15, 0.2) is 48.5 Å². The van der Waals surface area contributed by atoms with Crippen molar-refractivity contribution in [2.45, 2.75) is 32.0 Å². The molecule has 2 aromatic rings. The standard InChI is InChI=1S/C22H23N4O8P/c27-19-9-8-18(21(29)26(19)13-34-35(31,32)33)25-12-15-10-14(6-7-17(15)20(25)28)11-23-22(30)24-16-4-2-1-3-5-16/h1-7,10,18H,8-9,11-13H2,(H2,23,24,30)(H2,31,32,33). The lowest BCUT2D eigenvalue weighted by atomic mass is 10.0. The summed E-state index contributed by atoms with van der Waals surface area (Å²) in [5, 5.41) is 5.46. The summed E-state index contributed by atoms with van der Waals surface area (Å²) in [6, 6.07) is 12.7. The average Bonchev–Trinajstić information content (AvgIpc) is 3.13. The van der Waals surface area contributed by atoms with Crippen LogP contribution in [0, 0.1) is 0 Å². The van der Waals surface area contributed by atoms with Gasteiger partial charge in [0.15, 0.2) is 0 Å². The Balaban J connectivity index is 1.40. The van der Waals surface area contributed by atoms with Gasteiger partial charge in [-0.2, -0.15) is 0 Å². The molecule has 184 valence electrons. The summed E-state index contributed by atoms with van der Waals surface area (Å²) in [5.41, 5.74) is 2.48. The summed E-state index contributed by atoms with van der Waals surface area (Å²) in [7, 11) is -4.89. The normalized spacial score (nSPS) is 18.0. The van der Waals surface area contributed by atoms with Crippen molar-refractivity contribution in [1.29, 1.82) is 0 Å². The van der Waals surface area contributed by atoms with Crippen molar-refractivity contribution < 1.29 is 38.1 Å². The van der Waals surface area contributed by atoms with Gasteiger partial charge in [0.1, 0.15) is 12.8 Å². The largest absolute Gasteiger partial charge is 0.471 e. The van der Waals surface area contributed by atoms with Gasteiger partial charge in [0.25, 0.3) is 11.8 Å². The van der Waals surface area contributed by atoms with Crippen molar-refractivity contribution in [3.8, 4) is 0 Å². The minimum absolute atomic E-state index is 0.0766. The molecule has 35 heavy (non-hydrogen) atoms. The fourth-order valence-electron chi connectivity index (χ4n) is 4.02. The monoisotopic (exact) mass is 502 g/mol. The Morgan fingerprint density at radius 1 is 1.11 bits per heavy atom. The SMILES string of the molecule is O=C(NCc1ccc2c(c1)CN(C1CCC(=O)N(COP(=O)(O)O)C1=O)C2=O)Nc1ccccc1. The zero-order valence-electron chi connectivity index (χ0n) is 18.4. The second kappa shape index (κ2) is 9.96. The van der Waals surface area contributed by atoms with Crippen LogP contribution in [0.25, 0.3) is 0 Å². The molecule has 2 aliphatic heterocycles. The molecule has 1 unspecified atom stereocenters. The number of amides is 5. The van der Waals surface area contributed by atoms with Gasteiger partial charge in [-0.1, -0.05) is 30.3 Å². The molecule has 0 spiro atoms. The molecule has 1 atom stereocenters. The lowest BCUT2D eigenvalue weighted by Crippen LogP contribution is -2.55.